The van der Waals surface area contributed by atoms with Crippen LogP contribution in [0.25, 0.3) is 10.8 Å². The fraction of sp³-hybridized carbons (Fsp3) is 0.200. The summed E-state index contributed by atoms with van der Waals surface area (Å²) in [5, 5.41) is 20.2. The Labute approximate surface area is 110 Å². The highest BCUT2D eigenvalue weighted by molar-refractivity contribution is 5.98. The second kappa shape index (κ2) is 4.72. The van der Waals surface area contributed by atoms with E-state index in [1.54, 1.807) is 6.07 Å². The molecule has 2 aromatic rings. The highest BCUT2D eigenvalue weighted by Crippen LogP contribution is 2.25. The topological polar surface area (TPSA) is 74.6 Å². The molecule has 0 aliphatic rings. The number of hydrogen-bond donors (Lipinski definition) is 2. The van der Waals surface area contributed by atoms with Gasteiger partial charge in [-0.3, -0.25) is 9.59 Å². The molecule has 2 rings (SSSR count). The van der Waals surface area contributed by atoms with Crippen LogP contribution in [0.15, 0.2) is 42.5 Å². The van der Waals surface area contributed by atoms with Crippen LogP contribution in [-0.4, -0.2) is 22.2 Å². The van der Waals surface area contributed by atoms with Crippen molar-refractivity contribution in [3.8, 4) is 0 Å². The molecular weight excluding hydrogens is 244 g/mol. The summed E-state index contributed by atoms with van der Waals surface area (Å²) in [5.74, 6) is -2.65. The van der Waals surface area contributed by atoms with Gasteiger partial charge in [-0.05, 0) is 29.7 Å². The van der Waals surface area contributed by atoms with E-state index in [2.05, 4.69) is 0 Å². The normalized spacial score (nSPS) is 11.4. The lowest BCUT2D eigenvalue weighted by Crippen LogP contribution is -2.38. The van der Waals surface area contributed by atoms with Crippen molar-refractivity contribution in [1.29, 1.82) is 0 Å². The molecule has 4 nitrogen and oxygen atoms in total. The minimum absolute atomic E-state index is 0.0392. The quantitative estimate of drug-likeness (QED) is 0.826. The van der Waals surface area contributed by atoms with Crippen LogP contribution in [0.5, 0.6) is 0 Å². The van der Waals surface area contributed by atoms with Gasteiger partial charge in [-0.15, -0.1) is 0 Å². The van der Waals surface area contributed by atoms with Crippen molar-refractivity contribution in [2.24, 2.45) is 5.41 Å². The number of benzene rings is 2. The minimum atomic E-state index is -1.80. The standard InChI is InChI=1S/C15H14O4/c1-15(13(16)17,14(18)19)9-10-6-7-11-4-2-3-5-12(11)8-10/h2-8H,9H2,1H3,(H,16,17)(H,18,19). The number of carboxylic acid groups (broad SMARTS) is 2. The van der Waals surface area contributed by atoms with Crippen molar-refractivity contribution in [2.45, 2.75) is 13.3 Å². The Bertz CT molecular complexity index is 631. The van der Waals surface area contributed by atoms with E-state index in [1.807, 2.05) is 36.4 Å². The minimum Gasteiger partial charge on any atom is -0.480 e. The Hall–Kier alpha value is -2.36. The molecule has 0 aliphatic carbocycles. The molecule has 0 fully saturated rings. The SMILES string of the molecule is CC(Cc1ccc2ccccc2c1)(C(=O)O)C(=O)O. The van der Waals surface area contributed by atoms with Gasteiger partial charge in [0.2, 0.25) is 0 Å². The summed E-state index contributed by atoms with van der Waals surface area (Å²) in [7, 11) is 0. The maximum Gasteiger partial charge on any atom is 0.321 e. The molecule has 0 aliphatic heterocycles. The van der Waals surface area contributed by atoms with Crippen molar-refractivity contribution < 1.29 is 19.8 Å². The van der Waals surface area contributed by atoms with E-state index in [0.29, 0.717) is 5.56 Å². The van der Waals surface area contributed by atoms with Gasteiger partial charge in [-0.25, -0.2) is 0 Å². The zero-order valence-corrected chi connectivity index (χ0v) is 10.5. The van der Waals surface area contributed by atoms with Crippen LogP contribution in [-0.2, 0) is 16.0 Å². The van der Waals surface area contributed by atoms with E-state index in [4.69, 9.17) is 10.2 Å². The average Bonchev–Trinajstić information content (AvgIpc) is 2.38. The zero-order chi connectivity index (χ0) is 14.0. The summed E-state index contributed by atoms with van der Waals surface area (Å²) < 4.78 is 0. The predicted octanol–water partition coefficient (Wildman–Crippen LogP) is 2.56. The largest absolute Gasteiger partial charge is 0.480 e. The molecule has 0 spiro atoms. The Morgan fingerprint density at radius 3 is 2.16 bits per heavy atom. The van der Waals surface area contributed by atoms with Crippen LogP contribution in [0.1, 0.15) is 12.5 Å². The average molecular weight is 258 g/mol. The molecule has 0 heterocycles. The highest BCUT2D eigenvalue weighted by Gasteiger charge is 2.41. The third-order valence-electron chi connectivity index (χ3n) is 3.32. The fourth-order valence-corrected chi connectivity index (χ4v) is 2.00. The Balaban J connectivity index is 2.40. The highest BCUT2D eigenvalue weighted by atomic mass is 16.4. The number of carbonyl (C=O) groups is 2. The first-order valence-electron chi connectivity index (χ1n) is 5.88. The van der Waals surface area contributed by atoms with Gasteiger partial charge in [-0.2, -0.15) is 0 Å². The summed E-state index contributed by atoms with van der Waals surface area (Å²) >= 11 is 0. The molecule has 4 heteroatoms. The molecule has 0 radical (unpaired) electrons. The molecule has 0 bridgehead atoms. The van der Waals surface area contributed by atoms with Gasteiger partial charge in [0.1, 0.15) is 0 Å². The number of aliphatic carboxylic acids is 2. The molecule has 2 aromatic carbocycles. The van der Waals surface area contributed by atoms with Gasteiger partial charge in [-0.1, -0.05) is 42.5 Å². The van der Waals surface area contributed by atoms with Crippen molar-refractivity contribution in [3.63, 3.8) is 0 Å². The number of carboxylic acids is 2. The van der Waals surface area contributed by atoms with Crippen molar-refractivity contribution in [2.75, 3.05) is 0 Å². The predicted molar refractivity (Wildman–Crippen MR) is 71.0 cm³/mol. The lowest BCUT2D eigenvalue weighted by molar-refractivity contribution is -0.163. The van der Waals surface area contributed by atoms with E-state index in [1.165, 1.54) is 6.92 Å². The molecule has 0 saturated heterocycles. The maximum absolute atomic E-state index is 11.1. The second-order valence-electron chi connectivity index (χ2n) is 4.80. The number of hydrogen-bond acceptors (Lipinski definition) is 2. The molecule has 0 saturated carbocycles. The lowest BCUT2D eigenvalue weighted by Gasteiger charge is -2.19. The fourth-order valence-electron chi connectivity index (χ4n) is 2.00. The van der Waals surface area contributed by atoms with Gasteiger partial charge in [0.05, 0.1) is 0 Å². The smallest absolute Gasteiger partial charge is 0.321 e. The van der Waals surface area contributed by atoms with Gasteiger partial charge in [0.25, 0.3) is 0 Å². The van der Waals surface area contributed by atoms with E-state index in [0.717, 1.165) is 10.8 Å². The van der Waals surface area contributed by atoms with Crippen LogP contribution in [0.3, 0.4) is 0 Å². The molecule has 0 unspecified atom stereocenters. The van der Waals surface area contributed by atoms with Crippen molar-refractivity contribution in [1.82, 2.24) is 0 Å². The monoisotopic (exact) mass is 258 g/mol. The molecule has 0 amide bonds. The van der Waals surface area contributed by atoms with Crippen molar-refractivity contribution >= 4 is 22.7 Å². The van der Waals surface area contributed by atoms with Gasteiger partial charge in [0.15, 0.2) is 5.41 Å². The Morgan fingerprint density at radius 1 is 1.00 bits per heavy atom. The van der Waals surface area contributed by atoms with E-state index < -0.39 is 17.4 Å². The molecule has 98 valence electrons. The molecule has 19 heavy (non-hydrogen) atoms. The molecule has 0 aromatic heterocycles. The molecule has 0 atom stereocenters. The summed E-state index contributed by atoms with van der Waals surface area (Å²) in [6.45, 7) is 1.23. The second-order valence-corrected chi connectivity index (χ2v) is 4.80. The van der Waals surface area contributed by atoms with Gasteiger partial charge >= 0.3 is 11.9 Å². The number of rotatable bonds is 4. The summed E-state index contributed by atoms with van der Waals surface area (Å²) in [6, 6.07) is 13.1. The first-order chi connectivity index (χ1) is 8.93. The summed E-state index contributed by atoms with van der Waals surface area (Å²) in [4.78, 5) is 22.3. The Morgan fingerprint density at radius 2 is 1.58 bits per heavy atom. The maximum atomic E-state index is 11.1. The Kier molecular flexibility index (Phi) is 3.25. The summed E-state index contributed by atoms with van der Waals surface area (Å²) in [5.41, 5.74) is -1.10. The number of fused-ring (bicyclic) bond motifs is 1. The van der Waals surface area contributed by atoms with Crippen LogP contribution in [0, 0.1) is 5.41 Å². The first-order valence-corrected chi connectivity index (χ1v) is 5.88. The van der Waals surface area contributed by atoms with Crippen LogP contribution in [0.4, 0.5) is 0 Å². The molecule has 2 N–H and O–H groups in total. The third kappa shape index (κ3) is 2.42. The van der Waals surface area contributed by atoms with E-state index in [9.17, 15) is 9.59 Å². The molecular formula is C15H14O4. The first kappa shape index (κ1) is 13.1. The van der Waals surface area contributed by atoms with Gasteiger partial charge in [0, 0.05) is 0 Å². The summed E-state index contributed by atoms with van der Waals surface area (Å²) in [6.07, 6.45) is -0.0392. The van der Waals surface area contributed by atoms with Crippen LogP contribution >= 0.6 is 0 Å². The lowest BCUT2D eigenvalue weighted by atomic mass is 9.83. The third-order valence-corrected chi connectivity index (χ3v) is 3.32. The van der Waals surface area contributed by atoms with Crippen LogP contribution in [0.2, 0.25) is 0 Å². The van der Waals surface area contributed by atoms with E-state index in [-0.39, 0.29) is 6.42 Å². The van der Waals surface area contributed by atoms with Crippen LogP contribution < -0.4 is 0 Å². The zero-order valence-electron chi connectivity index (χ0n) is 10.5. The van der Waals surface area contributed by atoms with Crippen molar-refractivity contribution in [3.05, 3.63) is 48.0 Å². The van der Waals surface area contributed by atoms with E-state index >= 15 is 0 Å². The van der Waals surface area contributed by atoms with Gasteiger partial charge < -0.3 is 10.2 Å².